The van der Waals surface area contributed by atoms with Crippen molar-refractivity contribution in [1.29, 1.82) is 0 Å². The molecule has 0 amide bonds. The van der Waals surface area contributed by atoms with Crippen LogP contribution in [0, 0.1) is 6.92 Å². The highest BCUT2D eigenvalue weighted by Crippen LogP contribution is 2.26. The largest absolute Gasteiger partial charge is 0.263 e. The summed E-state index contributed by atoms with van der Waals surface area (Å²) >= 11 is 3.74. The third-order valence-electron chi connectivity index (χ3n) is 3.10. The molecule has 0 saturated carbocycles. The van der Waals surface area contributed by atoms with Gasteiger partial charge >= 0.3 is 0 Å². The van der Waals surface area contributed by atoms with E-state index < -0.39 is 0 Å². The van der Waals surface area contributed by atoms with Crippen molar-refractivity contribution in [2.75, 3.05) is 6.26 Å². The maximum Gasteiger partial charge on any atom is 0.263 e. The summed E-state index contributed by atoms with van der Waals surface area (Å²) in [5.74, 6) is 0. The molecule has 0 spiro atoms. The van der Waals surface area contributed by atoms with E-state index in [9.17, 15) is 0 Å². The van der Waals surface area contributed by atoms with Crippen molar-refractivity contribution in [2.24, 2.45) is 0 Å². The Balaban J connectivity index is 2.60. The van der Waals surface area contributed by atoms with Crippen LogP contribution in [0.15, 0.2) is 23.1 Å². The first-order valence-corrected chi connectivity index (χ1v) is 8.41. The third kappa shape index (κ3) is 2.62. The molecule has 0 aliphatic rings. The Morgan fingerprint density at radius 2 is 2.17 bits per heavy atom. The topological polar surface area (TPSA) is 3.88 Å². The zero-order valence-corrected chi connectivity index (χ0v) is 13.1. The number of hydrogen-bond acceptors (Lipinski definition) is 2. The van der Waals surface area contributed by atoms with Gasteiger partial charge in [0, 0.05) is 12.1 Å². The second-order valence-corrected chi connectivity index (χ2v) is 6.32. The lowest BCUT2D eigenvalue weighted by molar-refractivity contribution is -0.665. The Kier molecular flexibility index (Phi) is 4.46. The number of hydrogen-bond donors (Lipinski definition) is 0. The van der Waals surface area contributed by atoms with Crippen LogP contribution in [-0.4, -0.2) is 6.26 Å². The van der Waals surface area contributed by atoms with Crippen LogP contribution in [-0.2, 0) is 6.54 Å². The minimum Gasteiger partial charge on any atom is -0.182 e. The van der Waals surface area contributed by atoms with Crippen LogP contribution in [0.25, 0.3) is 16.3 Å². The molecule has 0 unspecified atom stereocenters. The van der Waals surface area contributed by atoms with Crippen LogP contribution in [0.1, 0.15) is 30.8 Å². The van der Waals surface area contributed by atoms with Crippen LogP contribution < -0.4 is 4.57 Å². The van der Waals surface area contributed by atoms with Gasteiger partial charge in [0.1, 0.15) is 11.2 Å². The van der Waals surface area contributed by atoms with Crippen molar-refractivity contribution in [3.8, 4) is 0 Å². The van der Waals surface area contributed by atoms with E-state index in [-0.39, 0.29) is 0 Å². The fourth-order valence-electron chi connectivity index (χ4n) is 2.09. The van der Waals surface area contributed by atoms with Crippen molar-refractivity contribution in [3.63, 3.8) is 0 Å². The van der Waals surface area contributed by atoms with E-state index in [1.165, 1.54) is 25.7 Å². The van der Waals surface area contributed by atoms with Crippen molar-refractivity contribution in [1.82, 2.24) is 0 Å². The van der Waals surface area contributed by atoms with Crippen LogP contribution in [0.2, 0.25) is 0 Å². The Bertz CT molecular complexity index is 575. The van der Waals surface area contributed by atoms with Gasteiger partial charge in [-0.15, -0.1) is 11.8 Å². The normalized spacial score (nSPS) is 12.3. The number of aromatic nitrogens is 1. The van der Waals surface area contributed by atoms with Gasteiger partial charge in [0.25, 0.3) is 5.01 Å². The highest BCUT2D eigenvalue weighted by molar-refractivity contribution is 8.02. The second kappa shape index (κ2) is 5.89. The van der Waals surface area contributed by atoms with Crippen molar-refractivity contribution in [2.45, 2.75) is 33.7 Å². The van der Waals surface area contributed by atoms with Gasteiger partial charge in [-0.05, 0) is 43.1 Å². The van der Waals surface area contributed by atoms with Crippen LogP contribution in [0.5, 0.6) is 0 Å². The molecule has 18 heavy (non-hydrogen) atoms. The van der Waals surface area contributed by atoms with Gasteiger partial charge in [0.15, 0.2) is 0 Å². The van der Waals surface area contributed by atoms with Gasteiger partial charge in [0.05, 0.1) is 0 Å². The van der Waals surface area contributed by atoms with Gasteiger partial charge in [-0.1, -0.05) is 24.3 Å². The smallest absolute Gasteiger partial charge is 0.182 e. The van der Waals surface area contributed by atoms with E-state index in [1.54, 1.807) is 0 Å². The standard InChI is InChI=1S/C15H20NS2/c1-5-12(17-4)10-15-16(6-2)13-9-11(3)7-8-14(13)18-15/h7-10H,5-6H2,1-4H3/q+1. The monoisotopic (exact) mass is 278 g/mol. The zero-order valence-electron chi connectivity index (χ0n) is 11.5. The van der Waals surface area contributed by atoms with E-state index in [0.29, 0.717) is 0 Å². The maximum atomic E-state index is 2.42. The molecule has 1 heterocycles. The summed E-state index contributed by atoms with van der Waals surface area (Å²) in [6, 6.07) is 6.72. The number of thioether (sulfide) groups is 1. The number of fused-ring (bicyclic) bond motifs is 1. The quantitative estimate of drug-likeness (QED) is 0.737. The summed E-state index contributed by atoms with van der Waals surface area (Å²) in [7, 11) is 0. The molecule has 0 aliphatic heterocycles. The van der Waals surface area contributed by atoms with Gasteiger partial charge < -0.3 is 0 Å². The van der Waals surface area contributed by atoms with Gasteiger partial charge in [-0.2, -0.15) is 4.57 Å². The number of thiazole rings is 1. The number of aryl methyl sites for hydroxylation is 2. The minimum atomic E-state index is 1.03. The van der Waals surface area contributed by atoms with Crippen LogP contribution >= 0.6 is 23.1 Å². The molecule has 0 bridgehead atoms. The average molecular weight is 278 g/mol. The minimum absolute atomic E-state index is 1.03. The summed E-state index contributed by atoms with van der Waals surface area (Å²) in [5.41, 5.74) is 2.70. The molecule has 0 N–H and O–H groups in total. The first-order valence-electron chi connectivity index (χ1n) is 6.37. The molecule has 0 saturated heterocycles. The van der Waals surface area contributed by atoms with Gasteiger partial charge in [-0.25, -0.2) is 0 Å². The van der Waals surface area contributed by atoms with Crippen molar-refractivity contribution in [3.05, 3.63) is 33.7 Å². The Morgan fingerprint density at radius 1 is 1.39 bits per heavy atom. The fourth-order valence-corrected chi connectivity index (χ4v) is 3.85. The number of rotatable bonds is 4. The number of allylic oxidation sites excluding steroid dienone is 1. The SMILES string of the molecule is CCC(=Cc1sc2ccc(C)cc2[n+]1CC)SC. The predicted molar refractivity (Wildman–Crippen MR) is 84.2 cm³/mol. The fraction of sp³-hybridized carbons (Fsp3) is 0.400. The highest BCUT2D eigenvalue weighted by atomic mass is 32.2. The molecule has 1 aromatic heterocycles. The third-order valence-corrected chi connectivity index (χ3v) is 5.14. The van der Waals surface area contributed by atoms with Crippen LogP contribution in [0.3, 0.4) is 0 Å². The van der Waals surface area contributed by atoms with E-state index in [0.717, 1.165) is 13.0 Å². The highest BCUT2D eigenvalue weighted by Gasteiger charge is 2.17. The number of benzene rings is 1. The number of nitrogens with zero attached hydrogens (tertiary/aromatic N) is 1. The molecule has 2 rings (SSSR count). The molecular weight excluding hydrogens is 258 g/mol. The van der Waals surface area contributed by atoms with Crippen LogP contribution in [0.4, 0.5) is 0 Å². The molecule has 1 nitrogen and oxygen atoms in total. The Morgan fingerprint density at radius 3 is 2.78 bits per heavy atom. The molecular formula is C15H20NS2+. The lowest BCUT2D eigenvalue weighted by Gasteiger charge is -1.97. The van der Waals surface area contributed by atoms with E-state index in [4.69, 9.17) is 0 Å². The van der Waals surface area contributed by atoms with Gasteiger partial charge in [-0.3, -0.25) is 0 Å². The van der Waals surface area contributed by atoms with Gasteiger partial charge in [0.2, 0.25) is 5.52 Å². The second-order valence-electron chi connectivity index (χ2n) is 4.32. The Labute approximate surface area is 118 Å². The first kappa shape index (κ1) is 13.6. The Hall–Kier alpha value is -0.800. The molecule has 96 valence electrons. The summed E-state index contributed by atoms with van der Waals surface area (Å²) < 4.78 is 3.80. The molecule has 0 aliphatic carbocycles. The average Bonchev–Trinajstić information content (AvgIpc) is 2.72. The molecule has 0 atom stereocenters. The summed E-state index contributed by atoms with van der Waals surface area (Å²) in [5, 5.41) is 1.37. The summed E-state index contributed by atoms with van der Waals surface area (Å²) in [6.45, 7) is 7.62. The molecule has 1 aromatic carbocycles. The maximum absolute atomic E-state index is 2.42. The molecule has 0 fully saturated rings. The molecule has 2 aromatic rings. The van der Waals surface area contributed by atoms with Crippen molar-refractivity contribution >= 4 is 39.4 Å². The summed E-state index contributed by atoms with van der Waals surface area (Å²) in [4.78, 5) is 1.44. The zero-order chi connectivity index (χ0) is 13.1. The molecule has 3 heteroatoms. The lowest BCUT2D eigenvalue weighted by Crippen LogP contribution is -2.33. The molecule has 0 radical (unpaired) electrons. The summed E-state index contributed by atoms with van der Waals surface area (Å²) in [6.07, 6.45) is 5.61. The van der Waals surface area contributed by atoms with Crippen molar-refractivity contribution < 1.29 is 4.57 Å². The van der Waals surface area contributed by atoms with E-state index >= 15 is 0 Å². The van der Waals surface area contributed by atoms with E-state index in [2.05, 4.69) is 55.9 Å². The first-order chi connectivity index (χ1) is 8.69. The lowest BCUT2D eigenvalue weighted by atomic mass is 10.2. The predicted octanol–water partition coefficient (Wildman–Crippen LogP) is 4.63. The van der Waals surface area contributed by atoms with E-state index in [1.807, 2.05) is 23.1 Å².